The highest BCUT2D eigenvalue weighted by Gasteiger charge is 2.12. The lowest BCUT2D eigenvalue weighted by Gasteiger charge is -2.14. The van der Waals surface area contributed by atoms with Gasteiger partial charge in [-0.1, -0.05) is 51.8 Å². The first-order chi connectivity index (χ1) is 8.61. The summed E-state index contributed by atoms with van der Waals surface area (Å²) < 4.78 is 0. The fourth-order valence-electron chi connectivity index (χ4n) is 2.06. The van der Waals surface area contributed by atoms with Gasteiger partial charge in [0.25, 0.3) is 0 Å². The summed E-state index contributed by atoms with van der Waals surface area (Å²) in [6, 6.07) is 15.4. The number of hydrogen-bond acceptors (Lipinski definition) is 1. The first-order valence-corrected chi connectivity index (χ1v) is 8.11. The smallest absolute Gasteiger partial charge is 0.0647 e. The molecule has 0 aliphatic heterocycles. The molecule has 0 radical (unpaired) electrons. The Labute approximate surface area is 122 Å². The SMILES string of the molecule is CSc1ccc(C(Br)c2ccc(C)cc2C)cc1. The number of aryl methyl sites for hydroxylation is 2. The average molecular weight is 321 g/mol. The molecular weight excluding hydrogens is 304 g/mol. The molecule has 0 aliphatic carbocycles. The maximum atomic E-state index is 3.81. The zero-order chi connectivity index (χ0) is 13.1. The molecule has 0 nitrogen and oxygen atoms in total. The minimum atomic E-state index is 0.272. The Balaban J connectivity index is 2.31. The first-order valence-electron chi connectivity index (χ1n) is 5.97. The van der Waals surface area contributed by atoms with E-state index < -0.39 is 0 Å². The maximum absolute atomic E-state index is 3.81. The summed E-state index contributed by atoms with van der Waals surface area (Å²) in [5.74, 6) is 0. The molecule has 0 N–H and O–H groups in total. The summed E-state index contributed by atoms with van der Waals surface area (Å²) in [4.78, 5) is 1.58. The second kappa shape index (κ2) is 5.94. The van der Waals surface area contributed by atoms with E-state index in [2.05, 4.69) is 78.5 Å². The number of benzene rings is 2. The first kappa shape index (κ1) is 13.7. The Hall–Kier alpha value is -0.730. The predicted octanol–water partition coefficient (Wildman–Crippen LogP) is 5.51. The van der Waals surface area contributed by atoms with Crippen molar-refractivity contribution in [2.75, 3.05) is 6.26 Å². The van der Waals surface area contributed by atoms with Gasteiger partial charge in [0.15, 0.2) is 0 Å². The second-order valence-corrected chi connectivity index (χ2v) is 6.29. The molecule has 0 saturated heterocycles. The predicted molar refractivity (Wildman–Crippen MR) is 84.9 cm³/mol. The molecule has 0 spiro atoms. The number of hydrogen-bond donors (Lipinski definition) is 0. The van der Waals surface area contributed by atoms with Crippen molar-refractivity contribution >= 4 is 27.7 Å². The van der Waals surface area contributed by atoms with Crippen LogP contribution in [0, 0.1) is 13.8 Å². The van der Waals surface area contributed by atoms with Gasteiger partial charge in [0, 0.05) is 4.90 Å². The van der Waals surface area contributed by atoms with E-state index in [-0.39, 0.29) is 4.83 Å². The van der Waals surface area contributed by atoms with E-state index >= 15 is 0 Å². The van der Waals surface area contributed by atoms with Crippen LogP contribution in [0.3, 0.4) is 0 Å². The number of rotatable bonds is 3. The van der Waals surface area contributed by atoms with Gasteiger partial charge in [0.1, 0.15) is 0 Å². The molecule has 0 fully saturated rings. The molecule has 1 atom stereocenters. The van der Waals surface area contributed by atoms with Crippen LogP contribution in [0.5, 0.6) is 0 Å². The Morgan fingerprint density at radius 1 is 1.00 bits per heavy atom. The van der Waals surface area contributed by atoms with Gasteiger partial charge in [-0.2, -0.15) is 0 Å². The lowest BCUT2D eigenvalue weighted by molar-refractivity contribution is 1.13. The topological polar surface area (TPSA) is 0 Å². The summed E-state index contributed by atoms with van der Waals surface area (Å²) in [7, 11) is 0. The lowest BCUT2D eigenvalue weighted by atomic mass is 9.99. The van der Waals surface area contributed by atoms with Crippen LogP contribution in [-0.2, 0) is 0 Å². The minimum Gasteiger partial charge on any atom is -0.130 e. The molecule has 0 bridgehead atoms. The molecule has 2 aromatic rings. The monoisotopic (exact) mass is 320 g/mol. The van der Waals surface area contributed by atoms with E-state index in [4.69, 9.17) is 0 Å². The van der Waals surface area contributed by atoms with E-state index in [0.29, 0.717) is 0 Å². The zero-order valence-corrected chi connectivity index (χ0v) is 13.3. The molecule has 0 saturated carbocycles. The molecule has 0 aromatic heterocycles. The summed E-state index contributed by atoms with van der Waals surface area (Å²) in [5, 5.41) is 0. The average Bonchev–Trinajstić information content (AvgIpc) is 2.38. The third-order valence-corrected chi connectivity index (χ3v) is 4.87. The Morgan fingerprint density at radius 3 is 2.22 bits per heavy atom. The molecule has 2 heteroatoms. The van der Waals surface area contributed by atoms with Gasteiger partial charge < -0.3 is 0 Å². The van der Waals surface area contributed by atoms with Crippen molar-refractivity contribution in [3.8, 4) is 0 Å². The fraction of sp³-hybridized carbons (Fsp3) is 0.250. The summed E-state index contributed by atoms with van der Waals surface area (Å²) in [5.41, 5.74) is 5.30. The van der Waals surface area contributed by atoms with Gasteiger partial charge in [0.05, 0.1) is 4.83 Å². The lowest BCUT2D eigenvalue weighted by Crippen LogP contribution is -1.96. The number of halogens is 1. The van der Waals surface area contributed by atoms with Crippen LogP contribution in [0.4, 0.5) is 0 Å². The van der Waals surface area contributed by atoms with Crippen LogP contribution in [0.2, 0.25) is 0 Å². The highest BCUT2D eigenvalue weighted by Crippen LogP contribution is 2.33. The molecule has 0 heterocycles. The largest absolute Gasteiger partial charge is 0.130 e. The van der Waals surface area contributed by atoms with Crippen molar-refractivity contribution in [1.82, 2.24) is 0 Å². The van der Waals surface area contributed by atoms with Crippen LogP contribution < -0.4 is 0 Å². The third kappa shape index (κ3) is 2.99. The van der Waals surface area contributed by atoms with Crippen molar-refractivity contribution < 1.29 is 0 Å². The Morgan fingerprint density at radius 2 is 1.67 bits per heavy atom. The van der Waals surface area contributed by atoms with Crippen LogP contribution in [0.25, 0.3) is 0 Å². The van der Waals surface area contributed by atoms with E-state index in [1.807, 2.05) is 0 Å². The third-order valence-electron chi connectivity index (χ3n) is 3.11. The highest BCUT2D eigenvalue weighted by molar-refractivity contribution is 9.09. The summed E-state index contributed by atoms with van der Waals surface area (Å²) >= 11 is 5.58. The van der Waals surface area contributed by atoms with Gasteiger partial charge in [-0.05, 0) is 48.9 Å². The molecule has 0 aliphatic rings. The molecular formula is C16H17BrS. The van der Waals surface area contributed by atoms with Crippen LogP contribution in [-0.4, -0.2) is 6.26 Å². The normalized spacial score (nSPS) is 12.4. The van der Waals surface area contributed by atoms with Crippen molar-refractivity contribution in [2.24, 2.45) is 0 Å². The molecule has 2 rings (SSSR count). The zero-order valence-electron chi connectivity index (χ0n) is 10.9. The second-order valence-electron chi connectivity index (χ2n) is 4.50. The van der Waals surface area contributed by atoms with Crippen LogP contribution in [0.15, 0.2) is 47.4 Å². The van der Waals surface area contributed by atoms with Crippen molar-refractivity contribution in [3.63, 3.8) is 0 Å². The van der Waals surface area contributed by atoms with Crippen molar-refractivity contribution in [2.45, 2.75) is 23.6 Å². The van der Waals surface area contributed by atoms with E-state index in [9.17, 15) is 0 Å². The molecule has 1 unspecified atom stereocenters. The van der Waals surface area contributed by atoms with E-state index in [1.165, 1.54) is 27.1 Å². The van der Waals surface area contributed by atoms with E-state index in [0.717, 1.165) is 0 Å². The maximum Gasteiger partial charge on any atom is 0.0647 e. The van der Waals surface area contributed by atoms with Gasteiger partial charge >= 0.3 is 0 Å². The highest BCUT2D eigenvalue weighted by atomic mass is 79.9. The van der Waals surface area contributed by atoms with Crippen LogP contribution >= 0.6 is 27.7 Å². The quantitative estimate of drug-likeness (QED) is 0.530. The summed E-state index contributed by atoms with van der Waals surface area (Å²) in [6.45, 7) is 4.31. The van der Waals surface area contributed by atoms with Crippen molar-refractivity contribution in [3.05, 3.63) is 64.7 Å². The molecule has 0 amide bonds. The van der Waals surface area contributed by atoms with Gasteiger partial charge in [0.2, 0.25) is 0 Å². The fourth-order valence-corrected chi connectivity index (χ4v) is 3.29. The Kier molecular flexibility index (Phi) is 4.52. The molecule has 2 aromatic carbocycles. The molecule has 18 heavy (non-hydrogen) atoms. The van der Waals surface area contributed by atoms with E-state index in [1.54, 1.807) is 11.8 Å². The van der Waals surface area contributed by atoms with Crippen LogP contribution in [0.1, 0.15) is 27.1 Å². The van der Waals surface area contributed by atoms with Gasteiger partial charge in [-0.3, -0.25) is 0 Å². The minimum absolute atomic E-state index is 0.272. The molecule has 94 valence electrons. The number of alkyl halides is 1. The van der Waals surface area contributed by atoms with Gasteiger partial charge in [-0.15, -0.1) is 11.8 Å². The van der Waals surface area contributed by atoms with Gasteiger partial charge in [-0.25, -0.2) is 0 Å². The number of thioether (sulfide) groups is 1. The van der Waals surface area contributed by atoms with Crippen molar-refractivity contribution in [1.29, 1.82) is 0 Å². The Bertz CT molecular complexity index is 531. The summed E-state index contributed by atoms with van der Waals surface area (Å²) in [6.07, 6.45) is 2.10. The standard InChI is InChI=1S/C16H17BrS/c1-11-4-9-15(12(2)10-11)16(17)13-5-7-14(18-3)8-6-13/h4-10,16H,1-3H3.